The molecule has 0 saturated heterocycles. The SMILES string of the molecule is CC[C@@H](NC(=O)c1nc2cc(OC)c(OC)cc2n(C)c1=O)C(C)C. The van der Waals surface area contributed by atoms with Crippen molar-refractivity contribution in [2.45, 2.75) is 33.2 Å². The number of carbonyl (C=O) groups excluding carboxylic acids is 1. The van der Waals surface area contributed by atoms with E-state index in [0.717, 1.165) is 6.42 Å². The van der Waals surface area contributed by atoms with E-state index in [9.17, 15) is 9.59 Å². The molecule has 0 aliphatic carbocycles. The van der Waals surface area contributed by atoms with Crippen LogP contribution in [0.25, 0.3) is 11.0 Å². The van der Waals surface area contributed by atoms with Gasteiger partial charge < -0.3 is 19.4 Å². The van der Waals surface area contributed by atoms with E-state index in [4.69, 9.17) is 9.47 Å². The van der Waals surface area contributed by atoms with Crippen molar-refractivity contribution in [3.63, 3.8) is 0 Å². The Labute approximate surface area is 147 Å². The summed E-state index contributed by atoms with van der Waals surface area (Å²) in [5, 5.41) is 2.90. The van der Waals surface area contributed by atoms with Gasteiger partial charge in [-0.2, -0.15) is 0 Å². The topological polar surface area (TPSA) is 82.4 Å². The number of amides is 1. The van der Waals surface area contributed by atoms with Crippen molar-refractivity contribution in [1.29, 1.82) is 0 Å². The molecule has 7 nitrogen and oxygen atoms in total. The third-order valence-electron chi connectivity index (χ3n) is 4.36. The number of aromatic nitrogens is 2. The van der Waals surface area contributed by atoms with Crippen molar-refractivity contribution in [1.82, 2.24) is 14.9 Å². The van der Waals surface area contributed by atoms with Gasteiger partial charge in [0, 0.05) is 25.2 Å². The van der Waals surface area contributed by atoms with Crippen molar-refractivity contribution in [2.24, 2.45) is 13.0 Å². The maximum absolute atomic E-state index is 12.6. The Hall–Kier alpha value is -2.57. The van der Waals surface area contributed by atoms with Crippen LogP contribution in [0.15, 0.2) is 16.9 Å². The molecule has 0 saturated carbocycles. The molecule has 1 aromatic carbocycles. The number of ether oxygens (including phenoxy) is 2. The molecular weight excluding hydrogens is 322 g/mol. The summed E-state index contributed by atoms with van der Waals surface area (Å²) in [5.74, 6) is 0.788. The van der Waals surface area contributed by atoms with Crippen LogP contribution in [0, 0.1) is 5.92 Å². The van der Waals surface area contributed by atoms with Crippen LogP contribution in [0.3, 0.4) is 0 Å². The Bertz CT molecular complexity index is 842. The predicted octanol–water partition coefficient (Wildman–Crippen LogP) is 2.12. The number of fused-ring (bicyclic) bond motifs is 1. The molecule has 2 aromatic rings. The third kappa shape index (κ3) is 3.60. The van der Waals surface area contributed by atoms with Crippen LogP contribution in [0.2, 0.25) is 0 Å². The highest BCUT2D eigenvalue weighted by molar-refractivity contribution is 5.94. The maximum atomic E-state index is 12.6. The summed E-state index contributed by atoms with van der Waals surface area (Å²) < 4.78 is 11.9. The smallest absolute Gasteiger partial charge is 0.282 e. The highest BCUT2D eigenvalue weighted by Gasteiger charge is 2.21. The summed E-state index contributed by atoms with van der Waals surface area (Å²) >= 11 is 0. The molecule has 2 rings (SSSR count). The summed E-state index contributed by atoms with van der Waals surface area (Å²) in [6.45, 7) is 6.04. The molecule has 0 radical (unpaired) electrons. The highest BCUT2D eigenvalue weighted by atomic mass is 16.5. The van der Waals surface area contributed by atoms with Gasteiger partial charge in [-0.1, -0.05) is 20.8 Å². The van der Waals surface area contributed by atoms with Gasteiger partial charge in [0.25, 0.3) is 11.5 Å². The van der Waals surface area contributed by atoms with Gasteiger partial charge in [0.15, 0.2) is 17.2 Å². The number of nitrogens with zero attached hydrogens (tertiary/aromatic N) is 2. The fourth-order valence-electron chi connectivity index (χ4n) is 2.78. The van der Waals surface area contributed by atoms with E-state index in [2.05, 4.69) is 10.3 Å². The van der Waals surface area contributed by atoms with Gasteiger partial charge in [0.05, 0.1) is 25.3 Å². The minimum absolute atomic E-state index is 0.0138. The third-order valence-corrected chi connectivity index (χ3v) is 4.36. The van der Waals surface area contributed by atoms with Crippen molar-refractivity contribution < 1.29 is 14.3 Å². The lowest BCUT2D eigenvalue weighted by Crippen LogP contribution is -2.41. The van der Waals surface area contributed by atoms with E-state index in [0.29, 0.717) is 22.5 Å². The van der Waals surface area contributed by atoms with Gasteiger partial charge in [-0.25, -0.2) is 4.98 Å². The largest absolute Gasteiger partial charge is 0.493 e. The molecule has 0 fully saturated rings. The first-order valence-electron chi connectivity index (χ1n) is 8.27. The molecule has 0 spiro atoms. The standard InChI is InChI=1S/C18H25N3O4/c1-7-11(10(2)3)20-17(22)16-18(23)21(4)13-9-15(25-6)14(24-5)8-12(13)19-16/h8-11H,7H2,1-6H3,(H,20,22)/t11-/m1/s1. The molecule has 1 N–H and O–H groups in total. The van der Waals surface area contributed by atoms with Gasteiger partial charge in [-0.3, -0.25) is 9.59 Å². The molecule has 0 aliphatic rings. The molecule has 0 bridgehead atoms. The van der Waals surface area contributed by atoms with Crippen LogP contribution < -0.4 is 20.3 Å². The molecule has 136 valence electrons. The minimum Gasteiger partial charge on any atom is -0.493 e. The van der Waals surface area contributed by atoms with E-state index >= 15 is 0 Å². The van der Waals surface area contributed by atoms with Gasteiger partial charge in [-0.05, 0) is 12.3 Å². The van der Waals surface area contributed by atoms with E-state index in [1.54, 1.807) is 19.2 Å². The first kappa shape index (κ1) is 18.8. The monoisotopic (exact) mass is 347 g/mol. The van der Waals surface area contributed by atoms with Crippen molar-refractivity contribution in [2.75, 3.05) is 14.2 Å². The first-order chi connectivity index (χ1) is 11.8. The predicted molar refractivity (Wildman–Crippen MR) is 96.5 cm³/mol. The van der Waals surface area contributed by atoms with Crippen molar-refractivity contribution >= 4 is 16.9 Å². The minimum atomic E-state index is -0.460. The second-order valence-electron chi connectivity index (χ2n) is 6.25. The zero-order valence-corrected chi connectivity index (χ0v) is 15.5. The number of methoxy groups -OCH3 is 2. The van der Waals surface area contributed by atoms with Gasteiger partial charge >= 0.3 is 0 Å². The number of hydrogen-bond donors (Lipinski definition) is 1. The first-order valence-corrected chi connectivity index (χ1v) is 8.27. The number of aryl methyl sites for hydroxylation is 1. The maximum Gasteiger partial charge on any atom is 0.282 e. The van der Waals surface area contributed by atoms with Crippen LogP contribution in [0.4, 0.5) is 0 Å². The second kappa shape index (κ2) is 7.55. The number of carbonyl (C=O) groups is 1. The van der Waals surface area contributed by atoms with Gasteiger partial charge in [0.1, 0.15) is 0 Å². The van der Waals surface area contributed by atoms with E-state index in [1.165, 1.54) is 18.8 Å². The van der Waals surface area contributed by atoms with Gasteiger partial charge in [0.2, 0.25) is 0 Å². The van der Waals surface area contributed by atoms with Crippen LogP contribution in [0.1, 0.15) is 37.7 Å². The Balaban J connectivity index is 2.57. The number of benzene rings is 1. The molecule has 7 heteroatoms. The van der Waals surface area contributed by atoms with Crippen molar-refractivity contribution in [3.05, 3.63) is 28.2 Å². The summed E-state index contributed by atoms with van der Waals surface area (Å²) in [7, 11) is 4.65. The zero-order valence-electron chi connectivity index (χ0n) is 15.5. The molecule has 1 amide bonds. The van der Waals surface area contributed by atoms with Crippen LogP contribution >= 0.6 is 0 Å². The lowest BCUT2D eigenvalue weighted by molar-refractivity contribution is 0.0917. The van der Waals surface area contributed by atoms with Crippen LogP contribution in [-0.4, -0.2) is 35.7 Å². The summed E-state index contributed by atoms with van der Waals surface area (Å²) in [4.78, 5) is 29.4. The van der Waals surface area contributed by atoms with E-state index in [1.807, 2.05) is 20.8 Å². The Morgan fingerprint density at radius 2 is 1.84 bits per heavy atom. The van der Waals surface area contributed by atoms with E-state index < -0.39 is 11.5 Å². The van der Waals surface area contributed by atoms with Crippen LogP contribution in [-0.2, 0) is 7.05 Å². The average molecular weight is 347 g/mol. The second-order valence-corrected chi connectivity index (χ2v) is 6.25. The number of rotatable bonds is 6. The summed E-state index contributed by atoms with van der Waals surface area (Å²) in [5.41, 5.74) is 0.481. The number of hydrogen-bond acceptors (Lipinski definition) is 5. The molecule has 0 unspecified atom stereocenters. The fraction of sp³-hybridized carbons (Fsp3) is 0.500. The molecule has 1 aromatic heterocycles. The molecular formula is C18H25N3O4. The number of nitrogens with one attached hydrogen (secondary N) is 1. The van der Waals surface area contributed by atoms with Crippen molar-refractivity contribution in [3.8, 4) is 11.5 Å². The quantitative estimate of drug-likeness (QED) is 0.865. The highest BCUT2D eigenvalue weighted by Crippen LogP contribution is 2.30. The van der Waals surface area contributed by atoms with Gasteiger partial charge in [-0.15, -0.1) is 0 Å². The Morgan fingerprint density at radius 1 is 1.24 bits per heavy atom. The molecule has 1 heterocycles. The lowest BCUT2D eigenvalue weighted by atomic mass is 10.0. The zero-order chi connectivity index (χ0) is 18.7. The molecule has 25 heavy (non-hydrogen) atoms. The van der Waals surface area contributed by atoms with Crippen LogP contribution in [0.5, 0.6) is 11.5 Å². The molecule has 0 aliphatic heterocycles. The summed E-state index contributed by atoms with van der Waals surface area (Å²) in [6, 6.07) is 3.32. The molecule has 1 atom stereocenters. The van der Waals surface area contributed by atoms with E-state index in [-0.39, 0.29) is 17.7 Å². The normalized spacial score (nSPS) is 12.3. The average Bonchev–Trinajstić information content (AvgIpc) is 2.60. The lowest BCUT2D eigenvalue weighted by Gasteiger charge is -2.20. The Morgan fingerprint density at radius 3 is 2.36 bits per heavy atom. The fourth-order valence-corrected chi connectivity index (χ4v) is 2.78. The Kier molecular flexibility index (Phi) is 5.66. The summed E-state index contributed by atoms with van der Waals surface area (Å²) in [6.07, 6.45) is 0.780.